The summed E-state index contributed by atoms with van der Waals surface area (Å²) in [6, 6.07) is 6.67. The Hall–Kier alpha value is -0.820. The van der Waals surface area contributed by atoms with Gasteiger partial charge in [0.25, 0.3) is 0 Å². The topological polar surface area (TPSA) is 75.3 Å². The molecule has 0 spiro atoms. The van der Waals surface area contributed by atoms with Crippen molar-refractivity contribution in [2.45, 2.75) is 12.5 Å². The number of aliphatic carboxylic acids is 1. The van der Waals surface area contributed by atoms with Crippen molar-refractivity contribution in [3.8, 4) is 0 Å². The minimum absolute atomic E-state index is 0.358. The van der Waals surface area contributed by atoms with Crippen molar-refractivity contribution in [2.75, 3.05) is 3.53 Å². The molecule has 0 fully saturated rings. The Morgan fingerprint density at radius 2 is 2.07 bits per heavy atom. The zero-order valence-corrected chi connectivity index (χ0v) is 9.56. The van der Waals surface area contributed by atoms with E-state index in [1.165, 1.54) is 0 Å². The first-order chi connectivity index (χ1) is 6.63. The fourth-order valence-corrected chi connectivity index (χ4v) is 1.40. The lowest BCUT2D eigenvalue weighted by atomic mass is 10.1. The van der Waals surface area contributed by atoms with Gasteiger partial charge in [-0.3, -0.25) is 4.79 Å². The smallest absolute Gasteiger partial charge is 0.320 e. The molecule has 14 heavy (non-hydrogen) atoms. The zero-order chi connectivity index (χ0) is 10.6. The van der Waals surface area contributed by atoms with Crippen molar-refractivity contribution in [3.05, 3.63) is 29.8 Å². The van der Waals surface area contributed by atoms with Gasteiger partial charge in [-0.25, -0.2) is 0 Å². The van der Waals surface area contributed by atoms with Crippen LogP contribution in [0.1, 0.15) is 5.56 Å². The second-order valence-corrected chi connectivity index (χ2v) is 3.48. The van der Waals surface area contributed by atoms with Crippen LogP contribution >= 0.6 is 22.9 Å². The lowest BCUT2D eigenvalue weighted by Gasteiger charge is -2.06. The molecule has 0 bridgehead atoms. The maximum atomic E-state index is 10.5. The van der Waals surface area contributed by atoms with Crippen LogP contribution in [0.15, 0.2) is 24.3 Å². The molecule has 0 saturated heterocycles. The van der Waals surface area contributed by atoms with Gasteiger partial charge in [-0.2, -0.15) is 0 Å². The van der Waals surface area contributed by atoms with E-state index < -0.39 is 12.0 Å². The van der Waals surface area contributed by atoms with Gasteiger partial charge in [0.15, 0.2) is 0 Å². The predicted octanol–water partition coefficient (Wildman–Crippen LogP) is 1.40. The Morgan fingerprint density at radius 3 is 2.50 bits per heavy atom. The summed E-state index contributed by atoms with van der Waals surface area (Å²) in [4.78, 5) is 10.5. The van der Waals surface area contributed by atoms with Crippen LogP contribution in [0.3, 0.4) is 0 Å². The third-order valence-electron chi connectivity index (χ3n) is 1.84. The molecule has 0 saturated carbocycles. The van der Waals surface area contributed by atoms with Gasteiger partial charge < -0.3 is 14.4 Å². The maximum absolute atomic E-state index is 10.5. The molecule has 0 aromatic heterocycles. The summed E-state index contributed by atoms with van der Waals surface area (Å²) in [5.74, 6) is -0.971. The number of carboxylic acids is 1. The molecule has 1 unspecified atom stereocenters. The number of carbonyl (C=O) groups is 1. The molecule has 5 heteroatoms. The van der Waals surface area contributed by atoms with Crippen molar-refractivity contribution >= 4 is 34.5 Å². The van der Waals surface area contributed by atoms with E-state index in [1.807, 2.05) is 47.1 Å². The lowest BCUT2D eigenvalue weighted by Crippen LogP contribution is -2.32. The van der Waals surface area contributed by atoms with E-state index in [-0.39, 0.29) is 0 Å². The van der Waals surface area contributed by atoms with Crippen LogP contribution in [0.25, 0.3) is 0 Å². The summed E-state index contributed by atoms with van der Waals surface area (Å²) in [6.45, 7) is 0. The number of halogens is 1. The minimum Gasteiger partial charge on any atom is -0.480 e. The lowest BCUT2D eigenvalue weighted by molar-refractivity contribution is -0.138. The highest BCUT2D eigenvalue weighted by atomic mass is 127. The first kappa shape index (κ1) is 11.3. The van der Waals surface area contributed by atoms with Gasteiger partial charge >= 0.3 is 5.97 Å². The molecule has 0 amide bonds. The second kappa shape index (κ2) is 5.16. The SMILES string of the molecule is NC(Cc1ccc(NI)cc1)C(=O)O. The van der Waals surface area contributed by atoms with Gasteiger partial charge in [0, 0.05) is 5.69 Å². The summed E-state index contributed by atoms with van der Waals surface area (Å²) >= 11 is 2.03. The molecule has 0 aliphatic rings. The molecule has 1 aromatic rings. The standard InChI is InChI=1S/C9H11IN2O2/c10-12-7-3-1-6(2-4-7)5-8(11)9(13)14/h1-4,8,12H,5,11H2,(H,13,14). The van der Waals surface area contributed by atoms with Crippen LogP contribution < -0.4 is 9.26 Å². The van der Waals surface area contributed by atoms with Gasteiger partial charge in [-0.05, 0) is 24.1 Å². The largest absolute Gasteiger partial charge is 0.480 e. The predicted molar refractivity (Wildman–Crippen MR) is 63.4 cm³/mol. The Kier molecular flexibility index (Phi) is 4.15. The second-order valence-electron chi connectivity index (χ2n) is 2.94. The third-order valence-corrected chi connectivity index (χ3v) is 2.46. The molecule has 0 radical (unpaired) electrons. The highest BCUT2D eigenvalue weighted by Gasteiger charge is 2.11. The van der Waals surface area contributed by atoms with Crippen molar-refractivity contribution < 1.29 is 9.90 Å². The van der Waals surface area contributed by atoms with E-state index >= 15 is 0 Å². The van der Waals surface area contributed by atoms with Gasteiger partial charge in [0.1, 0.15) is 6.04 Å². The molecule has 0 aliphatic carbocycles. The van der Waals surface area contributed by atoms with E-state index in [0.717, 1.165) is 11.3 Å². The van der Waals surface area contributed by atoms with Crippen molar-refractivity contribution in [1.29, 1.82) is 0 Å². The van der Waals surface area contributed by atoms with Crippen molar-refractivity contribution in [2.24, 2.45) is 5.73 Å². The van der Waals surface area contributed by atoms with Crippen LogP contribution in [0.5, 0.6) is 0 Å². The molecule has 0 heterocycles. The van der Waals surface area contributed by atoms with Gasteiger partial charge in [-0.1, -0.05) is 12.1 Å². The first-order valence-electron chi connectivity index (χ1n) is 4.07. The number of nitrogens with two attached hydrogens (primary N) is 1. The Bertz CT molecular complexity index is 313. The van der Waals surface area contributed by atoms with E-state index in [0.29, 0.717) is 6.42 Å². The number of benzene rings is 1. The molecular weight excluding hydrogens is 295 g/mol. The van der Waals surface area contributed by atoms with Crippen LogP contribution in [-0.2, 0) is 11.2 Å². The summed E-state index contributed by atoms with van der Waals surface area (Å²) in [7, 11) is 0. The van der Waals surface area contributed by atoms with Crippen molar-refractivity contribution in [3.63, 3.8) is 0 Å². The third kappa shape index (κ3) is 3.15. The zero-order valence-electron chi connectivity index (χ0n) is 7.40. The molecule has 0 aliphatic heterocycles. The van der Waals surface area contributed by atoms with Crippen LogP contribution in [0, 0.1) is 0 Å². The fourth-order valence-electron chi connectivity index (χ4n) is 1.05. The number of nitrogens with one attached hydrogen (secondary N) is 1. The monoisotopic (exact) mass is 306 g/mol. The molecule has 76 valence electrons. The average Bonchev–Trinajstić information content (AvgIpc) is 2.19. The highest BCUT2D eigenvalue weighted by Crippen LogP contribution is 2.12. The summed E-state index contributed by atoms with van der Waals surface area (Å²) in [5.41, 5.74) is 7.31. The number of hydrogen-bond donors (Lipinski definition) is 3. The van der Waals surface area contributed by atoms with E-state index in [4.69, 9.17) is 10.8 Å². The molecule has 1 atom stereocenters. The fraction of sp³-hybridized carbons (Fsp3) is 0.222. The van der Waals surface area contributed by atoms with Crippen LogP contribution in [0.4, 0.5) is 5.69 Å². The number of carboxylic acid groups (broad SMARTS) is 1. The van der Waals surface area contributed by atoms with Crippen LogP contribution in [-0.4, -0.2) is 17.1 Å². The molecule has 4 nitrogen and oxygen atoms in total. The first-order valence-corrected chi connectivity index (χ1v) is 5.15. The van der Waals surface area contributed by atoms with E-state index in [2.05, 4.69) is 3.53 Å². The number of rotatable bonds is 4. The number of hydrogen-bond acceptors (Lipinski definition) is 3. The van der Waals surface area contributed by atoms with Gasteiger partial charge in [-0.15, -0.1) is 0 Å². The van der Waals surface area contributed by atoms with Crippen LogP contribution in [0.2, 0.25) is 0 Å². The average molecular weight is 306 g/mol. The Labute approximate surface area is 96.0 Å². The quantitative estimate of drug-likeness (QED) is 0.581. The maximum Gasteiger partial charge on any atom is 0.320 e. The molecule has 1 rings (SSSR count). The van der Waals surface area contributed by atoms with E-state index in [9.17, 15) is 4.79 Å². The normalized spacial score (nSPS) is 12.1. The molecule has 4 N–H and O–H groups in total. The van der Waals surface area contributed by atoms with Crippen molar-refractivity contribution in [1.82, 2.24) is 0 Å². The number of anilines is 1. The summed E-state index contributed by atoms with van der Waals surface area (Å²) in [6.07, 6.45) is 0.358. The van der Waals surface area contributed by atoms with Gasteiger partial charge in [0.2, 0.25) is 0 Å². The Morgan fingerprint density at radius 1 is 1.50 bits per heavy atom. The minimum atomic E-state index is -0.971. The summed E-state index contributed by atoms with van der Waals surface area (Å²) in [5, 5.41) is 8.61. The Balaban J connectivity index is 2.64. The molecular formula is C9H11IN2O2. The summed E-state index contributed by atoms with van der Waals surface area (Å²) < 4.78 is 2.95. The highest BCUT2D eigenvalue weighted by molar-refractivity contribution is 14.1. The van der Waals surface area contributed by atoms with E-state index in [1.54, 1.807) is 0 Å². The molecule has 1 aromatic carbocycles. The van der Waals surface area contributed by atoms with Gasteiger partial charge in [0.05, 0.1) is 22.9 Å².